The van der Waals surface area contributed by atoms with Gasteiger partial charge in [0.2, 0.25) is 0 Å². The lowest BCUT2D eigenvalue weighted by Gasteiger charge is -2.28. The molecule has 0 bridgehead atoms. The molecule has 1 N–H and O–H groups in total. The molecule has 2 atom stereocenters. The summed E-state index contributed by atoms with van der Waals surface area (Å²) < 4.78 is 0. The summed E-state index contributed by atoms with van der Waals surface area (Å²) in [5.41, 5.74) is 1.23. The third kappa shape index (κ3) is 4.02. The summed E-state index contributed by atoms with van der Waals surface area (Å²) in [4.78, 5) is 2.64. The summed E-state index contributed by atoms with van der Waals surface area (Å²) in [5, 5.41) is 3.53. The van der Waals surface area contributed by atoms with Gasteiger partial charge in [0.25, 0.3) is 0 Å². The van der Waals surface area contributed by atoms with Gasteiger partial charge in [-0.05, 0) is 57.3 Å². The highest BCUT2D eigenvalue weighted by molar-refractivity contribution is 5.42. The number of para-hydroxylation sites is 1. The molecule has 0 aromatic heterocycles. The van der Waals surface area contributed by atoms with Crippen LogP contribution in [0.4, 0.5) is 5.69 Å². The van der Waals surface area contributed by atoms with Crippen molar-refractivity contribution in [1.82, 2.24) is 4.90 Å². The van der Waals surface area contributed by atoms with E-state index in [1.54, 1.807) is 0 Å². The minimum absolute atomic E-state index is 0.621. The molecule has 1 aromatic rings. The fraction of sp³-hybridized carbons (Fsp3) is 0.625. The predicted octanol–water partition coefficient (Wildman–Crippen LogP) is 3.61. The lowest BCUT2D eigenvalue weighted by atomic mass is 10.0. The molecule has 18 heavy (non-hydrogen) atoms. The highest BCUT2D eigenvalue weighted by Gasteiger charge is 2.18. The van der Waals surface area contributed by atoms with Crippen LogP contribution in [0.15, 0.2) is 30.3 Å². The highest BCUT2D eigenvalue weighted by Crippen LogP contribution is 2.18. The Morgan fingerprint density at radius 1 is 1.22 bits per heavy atom. The Balaban J connectivity index is 1.78. The SMILES string of the molecule is CC1CCCN(C(C)CNc2ccccc2)CC1. The molecule has 2 unspecified atom stereocenters. The highest BCUT2D eigenvalue weighted by atomic mass is 15.2. The molecule has 1 aliphatic rings. The zero-order valence-corrected chi connectivity index (χ0v) is 11.7. The quantitative estimate of drug-likeness (QED) is 0.873. The third-order valence-corrected chi connectivity index (χ3v) is 4.05. The van der Waals surface area contributed by atoms with Crippen LogP contribution in [0.25, 0.3) is 0 Å². The number of nitrogens with zero attached hydrogens (tertiary/aromatic N) is 1. The monoisotopic (exact) mass is 246 g/mol. The average Bonchev–Trinajstić information content (AvgIpc) is 2.62. The maximum absolute atomic E-state index is 3.53. The van der Waals surface area contributed by atoms with Gasteiger partial charge in [0.05, 0.1) is 0 Å². The molecule has 1 aliphatic heterocycles. The van der Waals surface area contributed by atoms with E-state index in [0.29, 0.717) is 6.04 Å². The summed E-state index contributed by atoms with van der Waals surface area (Å²) in [7, 11) is 0. The molecule has 2 nitrogen and oxygen atoms in total. The van der Waals surface area contributed by atoms with Crippen LogP contribution in [-0.2, 0) is 0 Å². The minimum atomic E-state index is 0.621. The van der Waals surface area contributed by atoms with Crippen molar-refractivity contribution < 1.29 is 0 Å². The molecule has 0 saturated carbocycles. The molecule has 0 aliphatic carbocycles. The molecular formula is C16H26N2. The summed E-state index contributed by atoms with van der Waals surface area (Å²) in [6.45, 7) is 8.29. The van der Waals surface area contributed by atoms with Crippen molar-refractivity contribution in [2.45, 2.75) is 39.2 Å². The van der Waals surface area contributed by atoms with Gasteiger partial charge < -0.3 is 5.32 Å². The van der Waals surface area contributed by atoms with E-state index in [0.717, 1.165) is 12.5 Å². The maximum Gasteiger partial charge on any atom is 0.0340 e. The van der Waals surface area contributed by atoms with Gasteiger partial charge in [-0.3, -0.25) is 4.90 Å². The number of hydrogen-bond donors (Lipinski definition) is 1. The summed E-state index contributed by atoms with van der Waals surface area (Å²) >= 11 is 0. The molecule has 0 amide bonds. The number of hydrogen-bond acceptors (Lipinski definition) is 2. The summed E-state index contributed by atoms with van der Waals surface area (Å²) in [6, 6.07) is 11.1. The molecule has 1 heterocycles. The number of likely N-dealkylation sites (tertiary alicyclic amines) is 1. The fourth-order valence-electron chi connectivity index (χ4n) is 2.68. The molecule has 1 saturated heterocycles. The average molecular weight is 246 g/mol. The van der Waals surface area contributed by atoms with Gasteiger partial charge in [-0.1, -0.05) is 25.1 Å². The zero-order valence-electron chi connectivity index (χ0n) is 11.7. The second-order valence-corrected chi connectivity index (χ2v) is 5.67. The molecule has 0 spiro atoms. The van der Waals surface area contributed by atoms with E-state index < -0.39 is 0 Å². The Morgan fingerprint density at radius 2 is 2.00 bits per heavy atom. The molecule has 2 rings (SSSR count). The van der Waals surface area contributed by atoms with E-state index >= 15 is 0 Å². The first-order valence-corrected chi connectivity index (χ1v) is 7.28. The van der Waals surface area contributed by atoms with Crippen molar-refractivity contribution in [3.63, 3.8) is 0 Å². The fourth-order valence-corrected chi connectivity index (χ4v) is 2.68. The largest absolute Gasteiger partial charge is 0.383 e. The molecule has 1 fully saturated rings. The van der Waals surface area contributed by atoms with Crippen molar-refractivity contribution in [2.75, 3.05) is 25.0 Å². The minimum Gasteiger partial charge on any atom is -0.383 e. The number of nitrogens with one attached hydrogen (secondary N) is 1. The molecular weight excluding hydrogens is 220 g/mol. The molecule has 1 aromatic carbocycles. The summed E-state index contributed by atoms with van der Waals surface area (Å²) in [5.74, 6) is 0.907. The van der Waals surface area contributed by atoms with Crippen LogP contribution in [0.5, 0.6) is 0 Å². The third-order valence-electron chi connectivity index (χ3n) is 4.05. The van der Waals surface area contributed by atoms with Crippen molar-refractivity contribution >= 4 is 5.69 Å². The lowest BCUT2D eigenvalue weighted by Crippen LogP contribution is -2.38. The van der Waals surface area contributed by atoms with E-state index in [1.165, 1.54) is 38.0 Å². The Kier molecular flexibility index (Phi) is 5.06. The van der Waals surface area contributed by atoms with E-state index in [9.17, 15) is 0 Å². The van der Waals surface area contributed by atoms with E-state index in [2.05, 4.69) is 54.4 Å². The van der Waals surface area contributed by atoms with Crippen LogP contribution in [0.2, 0.25) is 0 Å². The van der Waals surface area contributed by atoms with Crippen LogP contribution in [0.1, 0.15) is 33.1 Å². The van der Waals surface area contributed by atoms with Crippen LogP contribution in [0.3, 0.4) is 0 Å². The number of rotatable bonds is 4. The van der Waals surface area contributed by atoms with Gasteiger partial charge in [0, 0.05) is 18.3 Å². The Bertz CT molecular complexity index is 336. The van der Waals surface area contributed by atoms with E-state index in [-0.39, 0.29) is 0 Å². The van der Waals surface area contributed by atoms with Crippen molar-refractivity contribution in [1.29, 1.82) is 0 Å². The second-order valence-electron chi connectivity index (χ2n) is 5.67. The van der Waals surface area contributed by atoms with Gasteiger partial charge in [-0.25, -0.2) is 0 Å². The molecule has 100 valence electrons. The number of anilines is 1. The first-order valence-electron chi connectivity index (χ1n) is 7.28. The molecule has 2 heteroatoms. The summed E-state index contributed by atoms with van der Waals surface area (Å²) in [6.07, 6.45) is 4.11. The first-order chi connectivity index (χ1) is 8.75. The van der Waals surface area contributed by atoms with Crippen molar-refractivity contribution in [3.05, 3.63) is 30.3 Å². The zero-order chi connectivity index (χ0) is 12.8. The Hall–Kier alpha value is -1.02. The Morgan fingerprint density at radius 3 is 2.78 bits per heavy atom. The van der Waals surface area contributed by atoms with E-state index in [4.69, 9.17) is 0 Å². The van der Waals surface area contributed by atoms with E-state index in [1.807, 2.05) is 0 Å². The lowest BCUT2D eigenvalue weighted by molar-refractivity contribution is 0.223. The van der Waals surface area contributed by atoms with Crippen LogP contribution in [0, 0.1) is 5.92 Å². The van der Waals surface area contributed by atoms with Crippen molar-refractivity contribution in [3.8, 4) is 0 Å². The maximum atomic E-state index is 3.53. The van der Waals surface area contributed by atoms with Crippen LogP contribution >= 0.6 is 0 Å². The van der Waals surface area contributed by atoms with Crippen LogP contribution < -0.4 is 5.32 Å². The van der Waals surface area contributed by atoms with Gasteiger partial charge in [0.1, 0.15) is 0 Å². The predicted molar refractivity (Wildman–Crippen MR) is 79.0 cm³/mol. The second kappa shape index (κ2) is 6.79. The van der Waals surface area contributed by atoms with Gasteiger partial charge >= 0.3 is 0 Å². The standard InChI is InChI=1S/C16H26N2/c1-14-7-6-11-18(12-10-14)15(2)13-17-16-8-4-3-5-9-16/h3-5,8-9,14-15,17H,6-7,10-13H2,1-2H3. The molecule has 0 radical (unpaired) electrons. The normalized spacial score (nSPS) is 23.3. The Labute approximate surface area is 111 Å². The smallest absolute Gasteiger partial charge is 0.0340 e. The number of benzene rings is 1. The van der Waals surface area contributed by atoms with Gasteiger partial charge in [-0.2, -0.15) is 0 Å². The van der Waals surface area contributed by atoms with Gasteiger partial charge in [0.15, 0.2) is 0 Å². The first kappa shape index (κ1) is 13.4. The topological polar surface area (TPSA) is 15.3 Å². The van der Waals surface area contributed by atoms with Gasteiger partial charge in [-0.15, -0.1) is 0 Å². The van der Waals surface area contributed by atoms with Crippen LogP contribution in [-0.4, -0.2) is 30.6 Å². The van der Waals surface area contributed by atoms with Crippen molar-refractivity contribution in [2.24, 2.45) is 5.92 Å².